The van der Waals surface area contributed by atoms with Gasteiger partial charge in [-0.25, -0.2) is 4.68 Å². The second kappa shape index (κ2) is 9.28. The van der Waals surface area contributed by atoms with Gasteiger partial charge in [-0.05, 0) is 81.3 Å². The van der Waals surface area contributed by atoms with Gasteiger partial charge >= 0.3 is 0 Å². The third kappa shape index (κ3) is 5.38. The van der Waals surface area contributed by atoms with E-state index < -0.39 is 0 Å². The minimum atomic E-state index is -0.245. The SMILES string of the molecule is CCN(CC)c1ccc(NC(=O)c2ccn(COc3cc(C)cc(C)c3)n2)cc1. The Morgan fingerprint density at radius 1 is 1.03 bits per heavy atom. The van der Waals surface area contributed by atoms with E-state index in [-0.39, 0.29) is 12.6 Å². The van der Waals surface area contributed by atoms with Crippen LogP contribution >= 0.6 is 0 Å². The highest BCUT2D eigenvalue weighted by molar-refractivity contribution is 6.02. The van der Waals surface area contributed by atoms with Crippen LogP contribution in [0.5, 0.6) is 5.75 Å². The Labute approximate surface area is 172 Å². The number of amides is 1. The molecule has 0 saturated heterocycles. The van der Waals surface area contributed by atoms with Gasteiger partial charge in [0.15, 0.2) is 12.4 Å². The maximum absolute atomic E-state index is 12.5. The van der Waals surface area contributed by atoms with E-state index in [1.807, 2.05) is 50.2 Å². The summed E-state index contributed by atoms with van der Waals surface area (Å²) in [5, 5.41) is 7.20. The quantitative estimate of drug-likeness (QED) is 0.607. The molecular formula is C23H28N4O2. The molecule has 0 unspecified atom stereocenters. The molecule has 0 atom stereocenters. The van der Waals surface area contributed by atoms with Gasteiger partial charge in [0.25, 0.3) is 5.91 Å². The molecule has 0 fully saturated rings. The standard InChI is InChI=1S/C23H28N4O2/c1-5-26(6-2)20-9-7-19(8-10-20)24-23(28)22-11-12-27(25-22)16-29-21-14-17(3)13-18(4)15-21/h7-15H,5-6,16H2,1-4H3,(H,24,28). The zero-order valence-corrected chi connectivity index (χ0v) is 17.5. The first-order valence-electron chi connectivity index (χ1n) is 9.89. The first kappa shape index (κ1) is 20.5. The molecule has 0 aliphatic carbocycles. The van der Waals surface area contributed by atoms with Gasteiger partial charge in [-0.3, -0.25) is 4.79 Å². The van der Waals surface area contributed by atoms with E-state index in [1.165, 1.54) is 0 Å². The number of carbonyl (C=O) groups excluding carboxylic acids is 1. The summed E-state index contributed by atoms with van der Waals surface area (Å²) in [6.07, 6.45) is 1.74. The average Bonchev–Trinajstić information content (AvgIpc) is 3.17. The molecule has 3 rings (SSSR count). The molecule has 0 spiro atoms. The minimum absolute atomic E-state index is 0.245. The van der Waals surface area contributed by atoms with Crippen molar-refractivity contribution in [3.63, 3.8) is 0 Å². The third-order valence-corrected chi connectivity index (χ3v) is 4.69. The number of aryl methyl sites for hydroxylation is 2. The number of ether oxygens (including phenoxy) is 1. The molecule has 29 heavy (non-hydrogen) atoms. The molecule has 0 bridgehead atoms. The first-order chi connectivity index (χ1) is 14.0. The average molecular weight is 393 g/mol. The molecule has 0 saturated carbocycles. The maximum atomic E-state index is 12.5. The minimum Gasteiger partial charge on any atom is -0.471 e. The molecule has 6 heteroatoms. The zero-order valence-electron chi connectivity index (χ0n) is 17.5. The lowest BCUT2D eigenvalue weighted by molar-refractivity contribution is 0.102. The van der Waals surface area contributed by atoms with Crippen molar-refractivity contribution in [2.75, 3.05) is 23.3 Å². The Morgan fingerprint density at radius 3 is 2.31 bits per heavy atom. The summed E-state index contributed by atoms with van der Waals surface area (Å²) in [4.78, 5) is 14.7. The van der Waals surface area contributed by atoms with E-state index >= 15 is 0 Å². The predicted molar refractivity (Wildman–Crippen MR) is 117 cm³/mol. The monoisotopic (exact) mass is 392 g/mol. The number of hydrogen-bond donors (Lipinski definition) is 1. The number of hydrogen-bond acceptors (Lipinski definition) is 4. The van der Waals surface area contributed by atoms with Crippen molar-refractivity contribution in [2.24, 2.45) is 0 Å². The van der Waals surface area contributed by atoms with Crippen LogP contribution < -0.4 is 15.0 Å². The van der Waals surface area contributed by atoms with Crippen LogP contribution in [0.4, 0.5) is 11.4 Å². The van der Waals surface area contributed by atoms with Crippen molar-refractivity contribution in [3.05, 3.63) is 71.5 Å². The lowest BCUT2D eigenvalue weighted by Gasteiger charge is -2.21. The van der Waals surface area contributed by atoms with Gasteiger partial charge in [0.05, 0.1) is 0 Å². The highest BCUT2D eigenvalue weighted by Gasteiger charge is 2.11. The number of rotatable bonds is 8. The van der Waals surface area contributed by atoms with Crippen LogP contribution in [0.3, 0.4) is 0 Å². The fraction of sp³-hybridized carbons (Fsp3) is 0.304. The van der Waals surface area contributed by atoms with Gasteiger partial charge < -0.3 is 15.0 Å². The smallest absolute Gasteiger partial charge is 0.276 e. The molecule has 1 aromatic heterocycles. The third-order valence-electron chi connectivity index (χ3n) is 4.69. The van der Waals surface area contributed by atoms with Crippen LogP contribution in [-0.4, -0.2) is 28.8 Å². The number of carbonyl (C=O) groups is 1. The van der Waals surface area contributed by atoms with Crippen molar-refractivity contribution in [3.8, 4) is 5.75 Å². The van der Waals surface area contributed by atoms with Gasteiger partial charge in [0.2, 0.25) is 0 Å². The maximum Gasteiger partial charge on any atom is 0.276 e. The summed E-state index contributed by atoms with van der Waals surface area (Å²) < 4.78 is 7.39. The largest absolute Gasteiger partial charge is 0.471 e. The molecule has 3 aromatic rings. The first-order valence-corrected chi connectivity index (χ1v) is 9.89. The molecule has 0 aliphatic rings. The number of benzene rings is 2. The highest BCUT2D eigenvalue weighted by Crippen LogP contribution is 2.19. The summed E-state index contributed by atoms with van der Waals surface area (Å²) in [5.41, 5.74) is 4.52. The van der Waals surface area contributed by atoms with Crippen LogP contribution in [0.25, 0.3) is 0 Å². The van der Waals surface area contributed by atoms with Crippen molar-refractivity contribution < 1.29 is 9.53 Å². The Bertz CT molecular complexity index is 939. The molecule has 0 aliphatic heterocycles. The number of nitrogens with zero attached hydrogens (tertiary/aromatic N) is 3. The van der Waals surface area contributed by atoms with Crippen molar-refractivity contribution in [1.82, 2.24) is 9.78 Å². The van der Waals surface area contributed by atoms with Gasteiger partial charge in [-0.1, -0.05) is 6.07 Å². The molecule has 2 aromatic carbocycles. The van der Waals surface area contributed by atoms with Gasteiger partial charge in [-0.15, -0.1) is 0 Å². The molecule has 6 nitrogen and oxygen atoms in total. The highest BCUT2D eigenvalue weighted by atomic mass is 16.5. The van der Waals surface area contributed by atoms with Crippen molar-refractivity contribution in [1.29, 1.82) is 0 Å². The topological polar surface area (TPSA) is 59.4 Å². The van der Waals surface area contributed by atoms with E-state index in [1.54, 1.807) is 16.9 Å². The molecule has 1 N–H and O–H groups in total. The van der Waals surface area contributed by atoms with Crippen LogP contribution in [0.2, 0.25) is 0 Å². The van der Waals surface area contributed by atoms with Crippen LogP contribution in [-0.2, 0) is 6.73 Å². The van der Waals surface area contributed by atoms with E-state index in [0.717, 1.165) is 41.3 Å². The number of anilines is 2. The molecule has 0 radical (unpaired) electrons. The lowest BCUT2D eigenvalue weighted by Crippen LogP contribution is -2.21. The van der Waals surface area contributed by atoms with Gasteiger partial charge in [0.1, 0.15) is 5.75 Å². The summed E-state index contributed by atoms with van der Waals surface area (Å²) in [7, 11) is 0. The Hall–Kier alpha value is -3.28. The molecule has 1 heterocycles. The van der Waals surface area contributed by atoms with E-state index in [0.29, 0.717) is 5.69 Å². The zero-order chi connectivity index (χ0) is 20.8. The number of nitrogens with one attached hydrogen (secondary N) is 1. The second-order valence-electron chi connectivity index (χ2n) is 7.01. The Kier molecular flexibility index (Phi) is 6.54. The summed E-state index contributed by atoms with van der Waals surface area (Å²) >= 11 is 0. The van der Waals surface area contributed by atoms with E-state index in [9.17, 15) is 4.79 Å². The lowest BCUT2D eigenvalue weighted by atomic mass is 10.1. The normalized spacial score (nSPS) is 10.6. The van der Waals surface area contributed by atoms with Crippen LogP contribution in [0, 0.1) is 13.8 Å². The Balaban J connectivity index is 1.59. The fourth-order valence-electron chi connectivity index (χ4n) is 3.25. The second-order valence-corrected chi connectivity index (χ2v) is 7.01. The summed E-state index contributed by atoms with van der Waals surface area (Å²) in [5.74, 6) is 0.544. The molecular weight excluding hydrogens is 364 g/mol. The fourth-order valence-corrected chi connectivity index (χ4v) is 3.25. The van der Waals surface area contributed by atoms with Crippen LogP contribution in [0.15, 0.2) is 54.7 Å². The number of aromatic nitrogens is 2. The van der Waals surface area contributed by atoms with E-state index in [4.69, 9.17) is 4.74 Å². The predicted octanol–water partition coefficient (Wildman–Crippen LogP) is 4.63. The van der Waals surface area contributed by atoms with Crippen molar-refractivity contribution in [2.45, 2.75) is 34.4 Å². The molecule has 152 valence electrons. The van der Waals surface area contributed by atoms with Crippen LogP contribution in [0.1, 0.15) is 35.5 Å². The van der Waals surface area contributed by atoms with Gasteiger partial charge in [0, 0.05) is 30.7 Å². The van der Waals surface area contributed by atoms with E-state index in [2.05, 4.69) is 35.2 Å². The molecule has 1 amide bonds. The van der Waals surface area contributed by atoms with Crippen molar-refractivity contribution >= 4 is 17.3 Å². The Morgan fingerprint density at radius 2 is 1.69 bits per heavy atom. The van der Waals surface area contributed by atoms with Gasteiger partial charge in [-0.2, -0.15) is 5.10 Å². The summed E-state index contributed by atoms with van der Waals surface area (Å²) in [6, 6.07) is 15.6. The summed E-state index contributed by atoms with van der Waals surface area (Å²) in [6.45, 7) is 10.5.